The Morgan fingerprint density at radius 3 is 2.87 bits per heavy atom. The molecule has 0 saturated heterocycles. The highest BCUT2D eigenvalue weighted by molar-refractivity contribution is 9.10. The van der Waals surface area contributed by atoms with Gasteiger partial charge in [-0.05, 0) is 35.0 Å². The van der Waals surface area contributed by atoms with Crippen LogP contribution in [0.1, 0.15) is 23.7 Å². The van der Waals surface area contributed by atoms with Crippen LogP contribution in [0.4, 0.5) is 0 Å². The second-order valence-electron chi connectivity index (χ2n) is 2.91. The van der Waals surface area contributed by atoms with Gasteiger partial charge in [0, 0.05) is 17.9 Å². The molecule has 0 aliphatic heterocycles. The lowest BCUT2D eigenvalue weighted by Crippen LogP contribution is -2.02. The van der Waals surface area contributed by atoms with Crippen LogP contribution in [-0.4, -0.2) is 18.3 Å². The molecule has 0 atom stereocenters. The fraction of sp³-hybridized carbons (Fsp3) is 0.364. The van der Waals surface area contributed by atoms with Gasteiger partial charge in [0.15, 0.2) is 5.78 Å². The van der Waals surface area contributed by atoms with E-state index in [1.165, 1.54) is 0 Å². The summed E-state index contributed by atoms with van der Waals surface area (Å²) >= 11 is 8.90. The smallest absolute Gasteiger partial charge is 0.165 e. The van der Waals surface area contributed by atoms with Crippen molar-refractivity contribution in [3.05, 3.63) is 28.2 Å². The fourth-order valence-corrected chi connectivity index (χ4v) is 1.99. The minimum Gasteiger partial charge on any atom is -0.493 e. The molecule has 1 rings (SSSR count). The highest BCUT2D eigenvalue weighted by Gasteiger charge is 2.12. The maximum Gasteiger partial charge on any atom is 0.165 e. The van der Waals surface area contributed by atoms with Gasteiger partial charge in [0.1, 0.15) is 5.75 Å². The van der Waals surface area contributed by atoms with E-state index in [-0.39, 0.29) is 5.78 Å². The highest BCUT2D eigenvalue weighted by Crippen LogP contribution is 2.29. The molecule has 82 valence electrons. The van der Waals surface area contributed by atoms with E-state index in [1.54, 1.807) is 12.1 Å². The van der Waals surface area contributed by atoms with Crippen molar-refractivity contribution in [2.45, 2.75) is 13.3 Å². The SMILES string of the molecule is CCOc1cccc(C(=O)CCCl)c1Br. The number of ketones is 1. The van der Waals surface area contributed by atoms with Gasteiger partial charge in [0.2, 0.25) is 0 Å². The van der Waals surface area contributed by atoms with E-state index in [9.17, 15) is 4.79 Å². The van der Waals surface area contributed by atoms with Crippen LogP contribution in [0.25, 0.3) is 0 Å². The van der Waals surface area contributed by atoms with Crippen molar-refractivity contribution in [1.29, 1.82) is 0 Å². The lowest BCUT2D eigenvalue weighted by Gasteiger charge is -2.08. The van der Waals surface area contributed by atoms with Crippen LogP contribution in [0.15, 0.2) is 22.7 Å². The zero-order valence-electron chi connectivity index (χ0n) is 8.43. The molecule has 0 bridgehead atoms. The predicted molar refractivity (Wildman–Crippen MR) is 65.0 cm³/mol. The average Bonchev–Trinajstić information content (AvgIpc) is 2.22. The van der Waals surface area contributed by atoms with Gasteiger partial charge >= 0.3 is 0 Å². The van der Waals surface area contributed by atoms with Gasteiger partial charge in [0.25, 0.3) is 0 Å². The van der Waals surface area contributed by atoms with Crippen molar-refractivity contribution in [1.82, 2.24) is 0 Å². The Morgan fingerprint density at radius 2 is 2.27 bits per heavy atom. The number of alkyl halides is 1. The van der Waals surface area contributed by atoms with Gasteiger partial charge in [-0.15, -0.1) is 11.6 Å². The number of hydrogen-bond acceptors (Lipinski definition) is 2. The summed E-state index contributed by atoms with van der Waals surface area (Å²) < 4.78 is 6.08. The monoisotopic (exact) mass is 290 g/mol. The first-order chi connectivity index (χ1) is 7.20. The number of benzene rings is 1. The predicted octanol–water partition coefficient (Wildman–Crippen LogP) is 3.66. The third-order valence-corrected chi connectivity index (χ3v) is 2.89. The van der Waals surface area contributed by atoms with Gasteiger partial charge in [-0.3, -0.25) is 4.79 Å². The first kappa shape index (κ1) is 12.5. The Kier molecular flexibility index (Phi) is 5.12. The van der Waals surface area contributed by atoms with Gasteiger partial charge in [-0.1, -0.05) is 6.07 Å². The van der Waals surface area contributed by atoms with Gasteiger partial charge in [-0.2, -0.15) is 0 Å². The van der Waals surface area contributed by atoms with Gasteiger partial charge in [-0.25, -0.2) is 0 Å². The summed E-state index contributed by atoms with van der Waals surface area (Å²) in [4.78, 5) is 11.7. The van der Waals surface area contributed by atoms with Crippen LogP contribution in [0, 0.1) is 0 Å². The summed E-state index contributed by atoms with van der Waals surface area (Å²) in [5, 5.41) is 0. The van der Waals surface area contributed by atoms with Crippen LogP contribution < -0.4 is 4.74 Å². The summed E-state index contributed by atoms with van der Waals surface area (Å²) in [6, 6.07) is 5.39. The zero-order chi connectivity index (χ0) is 11.3. The number of hydrogen-bond donors (Lipinski definition) is 0. The van der Waals surface area contributed by atoms with Crippen LogP contribution in [-0.2, 0) is 0 Å². The van der Waals surface area contributed by atoms with E-state index in [0.717, 1.165) is 0 Å². The van der Waals surface area contributed by atoms with Gasteiger partial charge in [0.05, 0.1) is 11.1 Å². The molecule has 15 heavy (non-hydrogen) atoms. The van der Waals surface area contributed by atoms with Crippen LogP contribution in [0.3, 0.4) is 0 Å². The van der Waals surface area contributed by atoms with E-state index in [0.29, 0.717) is 34.7 Å². The topological polar surface area (TPSA) is 26.3 Å². The second-order valence-corrected chi connectivity index (χ2v) is 4.08. The van der Waals surface area contributed by atoms with E-state index in [4.69, 9.17) is 16.3 Å². The first-order valence-electron chi connectivity index (χ1n) is 4.71. The molecular formula is C11H12BrClO2. The van der Waals surface area contributed by atoms with E-state index in [2.05, 4.69) is 15.9 Å². The molecule has 0 aliphatic rings. The van der Waals surface area contributed by atoms with Crippen molar-refractivity contribution >= 4 is 33.3 Å². The standard InChI is InChI=1S/C11H12BrClO2/c1-2-15-10-5-3-4-8(11(10)12)9(14)6-7-13/h3-5H,2,6-7H2,1H3. The Bertz CT molecular complexity index is 352. The highest BCUT2D eigenvalue weighted by atomic mass is 79.9. The quantitative estimate of drug-likeness (QED) is 0.611. The van der Waals surface area contributed by atoms with Crippen molar-refractivity contribution in [2.75, 3.05) is 12.5 Å². The number of carbonyl (C=O) groups is 1. The Morgan fingerprint density at radius 1 is 1.53 bits per heavy atom. The fourth-order valence-electron chi connectivity index (χ4n) is 1.21. The molecule has 2 nitrogen and oxygen atoms in total. The Labute approximate surface area is 103 Å². The zero-order valence-corrected chi connectivity index (χ0v) is 10.8. The molecule has 0 heterocycles. The number of Topliss-reactive ketones (excluding diaryl/α,β-unsaturated/α-hetero) is 1. The average molecular weight is 292 g/mol. The molecule has 0 amide bonds. The van der Waals surface area contributed by atoms with Crippen LogP contribution in [0.5, 0.6) is 5.75 Å². The van der Waals surface area contributed by atoms with Crippen molar-refractivity contribution in [3.63, 3.8) is 0 Å². The van der Waals surface area contributed by atoms with E-state index in [1.807, 2.05) is 13.0 Å². The van der Waals surface area contributed by atoms with Crippen molar-refractivity contribution in [2.24, 2.45) is 0 Å². The summed E-state index contributed by atoms with van der Waals surface area (Å²) in [5.74, 6) is 1.06. The summed E-state index contributed by atoms with van der Waals surface area (Å²) in [5.41, 5.74) is 0.626. The molecule has 0 saturated carbocycles. The Balaban J connectivity index is 2.98. The third kappa shape index (κ3) is 3.21. The molecule has 1 aromatic rings. The molecule has 4 heteroatoms. The van der Waals surface area contributed by atoms with E-state index < -0.39 is 0 Å². The number of halogens is 2. The summed E-state index contributed by atoms with van der Waals surface area (Å²) in [6.07, 6.45) is 0.343. The maximum absolute atomic E-state index is 11.7. The summed E-state index contributed by atoms with van der Waals surface area (Å²) in [7, 11) is 0. The molecule has 1 aromatic carbocycles. The van der Waals surface area contributed by atoms with Crippen molar-refractivity contribution < 1.29 is 9.53 Å². The summed E-state index contributed by atoms with van der Waals surface area (Å²) in [6.45, 7) is 2.48. The van der Waals surface area contributed by atoms with Crippen LogP contribution in [0.2, 0.25) is 0 Å². The number of rotatable bonds is 5. The normalized spacial score (nSPS) is 10.1. The lowest BCUT2D eigenvalue weighted by atomic mass is 10.1. The van der Waals surface area contributed by atoms with E-state index >= 15 is 0 Å². The minimum absolute atomic E-state index is 0.0263. The van der Waals surface area contributed by atoms with Crippen LogP contribution >= 0.6 is 27.5 Å². The third-order valence-electron chi connectivity index (χ3n) is 1.89. The molecule has 0 spiro atoms. The number of carbonyl (C=O) groups excluding carboxylic acids is 1. The van der Waals surface area contributed by atoms with Gasteiger partial charge < -0.3 is 4.74 Å². The molecule has 0 aliphatic carbocycles. The van der Waals surface area contributed by atoms with Crippen molar-refractivity contribution in [3.8, 4) is 5.75 Å². The number of ether oxygens (including phenoxy) is 1. The molecular weight excluding hydrogens is 279 g/mol. The molecule has 0 unspecified atom stereocenters. The maximum atomic E-state index is 11.7. The second kappa shape index (κ2) is 6.13. The molecule has 0 N–H and O–H groups in total. The molecule has 0 radical (unpaired) electrons. The minimum atomic E-state index is 0.0263. The Hall–Kier alpha value is -0.540. The first-order valence-corrected chi connectivity index (χ1v) is 6.04. The largest absolute Gasteiger partial charge is 0.493 e. The lowest BCUT2D eigenvalue weighted by molar-refractivity contribution is 0.0988. The molecule has 0 fully saturated rings. The molecule has 0 aromatic heterocycles.